The Morgan fingerprint density at radius 3 is 2.61 bits per heavy atom. The van der Waals surface area contributed by atoms with Gasteiger partial charge >= 0.3 is 6.03 Å². The smallest absolute Gasteiger partial charge is 0.315 e. The molecule has 1 aliphatic heterocycles. The molecule has 3 aromatic rings. The lowest BCUT2D eigenvalue weighted by atomic mass is 9.92. The molecule has 162 valence electrons. The fourth-order valence-corrected chi connectivity index (χ4v) is 4.61. The first-order valence-corrected chi connectivity index (χ1v) is 11.1. The molecule has 2 atom stereocenters. The Kier molecular flexibility index (Phi) is 6.12. The van der Waals surface area contributed by atoms with Crippen LogP contribution < -0.4 is 10.5 Å². The first-order chi connectivity index (χ1) is 14.9. The van der Waals surface area contributed by atoms with Crippen LogP contribution in [0.1, 0.15) is 38.8 Å². The number of piperidine rings is 1. The maximum atomic E-state index is 11.8. The van der Waals surface area contributed by atoms with Crippen molar-refractivity contribution < 1.29 is 9.53 Å². The van der Waals surface area contributed by atoms with Crippen LogP contribution in [0.15, 0.2) is 54.7 Å². The molecule has 4 rings (SSSR count). The number of likely N-dealkylation sites (tertiary alicyclic amines) is 1. The van der Waals surface area contributed by atoms with E-state index < -0.39 is 0 Å². The molecule has 5 nitrogen and oxygen atoms in total. The van der Waals surface area contributed by atoms with Gasteiger partial charge in [-0.2, -0.15) is 0 Å². The highest BCUT2D eigenvalue weighted by atomic mass is 16.5. The Morgan fingerprint density at radius 1 is 1.16 bits per heavy atom. The fraction of sp³-hybridized carbons (Fsp3) is 0.385. The maximum absolute atomic E-state index is 11.8. The molecular formula is C26H31N3O2. The van der Waals surface area contributed by atoms with Crippen molar-refractivity contribution in [3.05, 3.63) is 60.4 Å². The molecule has 31 heavy (non-hydrogen) atoms. The number of aromatic nitrogens is 1. The minimum atomic E-state index is -0.324. The van der Waals surface area contributed by atoms with Crippen molar-refractivity contribution in [1.29, 1.82) is 0 Å². The number of nitrogens with two attached hydrogens (primary N) is 1. The number of carbonyl (C=O) groups excluding carboxylic acids is 1. The molecule has 2 aromatic carbocycles. The number of primary amides is 1. The third-order valence-corrected chi connectivity index (χ3v) is 6.15. The highest BCUT2D eigenvalue weighted by Crippen LogP contribution is 2.29. The van der Waals surface area contributed by atoms with Crippen molar-refractivity contribution in [3.63, 3.8) is 0 Å². The van der Waals surface area contributed by atoms with Crippen LogP contribution in [0.3, 0.4) is 0 Å². The molecular weight excluding hydrogens is 386 g/mol. The van der Waals surface area contributed by atoms with Crippen LogP contribution in [0, 0.1) is 12.8 Å². The molecule has 5 heteroatoms. The first kappa shape index (κ1) is 21.2. The number of amides is 2. The molecule has 0 radical (unpaired) electrons. The van der Waals surface area contributed by atoms with E-state index in [2.05, 4.69) is 55.2 Å². The Balaban J connectivity index is 1.46. The third-order valence-electron chi connectivity index (χ3n) is 6.15. The zero-order valence-corrected chi connectivity index (χ0v) is 18.5. The molecule has 2 heterocycles. The van der Waals surface area contributed by atoms with E-state index in [-0.39, 0.29) is 18.2 Å². The molecule has 2 amide bonds. The lowest BCUT2D eigenvalue weighted by Gasteiger charge is -2.39. The van der Waals surface area contributed by atoms with Gasteiger partial charge in [-0.05, 0) is 60.0 Å². The highest BCUT2D eigenvalue weighted by Gasteiger charge is 2.32. The molecule has 1 saturated heterocycles. The summed E-state index contributed by atoms with van der Waals surface area (Å²) in [5, 5.41) is 2.38. The van der Waals surface area contributed by atoms with Crippen LogP contribution in [0.4, 0.5) is 4.79 Å². The van der Waals surface area contributed by atoms with Gasteiger partial charge in [-0.25, -0.2) is 4.79 Å². The number of hydrogen-bond acceptors (Lipinski definition) is 3. The van der Waals surface area contributed by atoms with Crippen molar-refractivity contribution in [2.75, 3.05) is 6.54 Å². The lowest BCUT2D eigenvalue weighted by molar-refractivity contribution is 0.0685. The number of nitrogens with zero attached hydrogens (tertiary/aromatic N) is 2. The Bertz CT molecular complexity index is 1060. The summed E-state index contributed by atoms with van der Waals surface area (Å²) in [5.74, 6) is 1.37. The van der Waals surface area contributed by atoms with Crippen LogP contribution in [-0.2, 0) is 0 Å². The van der Waals surface area contributed by atoms with Gasteiger partial charge in [0, 0.05) is 42.7 Å². The van der Waals surface area contributed by atoms with Gasteiger partial charge < -0.3 is 15.4 Å². The maximum Gasteiger partial charge on any atom is 0.315 e. The molecule has 1 fully saturated rings. The van der Waals surface area contributed by atoms with Gasteiger partial charge in [-0.15, -0.1) is 0 Å². The van der Waals surface area contributed by atoms with Crippen molar-refractivity contribution in [2.45, 2.75) is 52.2 Å². The normalized spacial score (nSPS) is 19.0. The van der Waals surface area contributed by atoms with Crippen LogP contribution >= 0.6 is 0 Å². The lowest BCUT2D eigenvalue weighted by Crippen LogP contribution is -2.51. The summed E-state index contributed by atoms with van der Waals surface area (Å²) in [4.78, 5) is 18.0. The Morgan fingerprint density at radius 2 is 1.90 bits per heavy atom. The summed E-state index contributed by atoms with van der Waals surface area (Å²) in [6.07, 6.45) is 4.52. The minimum Gasteiger partial charge on any atom is -0.490 e. The quantitative estimate of drug-likeness (QED) is 0.592. The summed E-state index contributed by atoms with van der Waals surface area (Å²) in [6.45, 7) is 7.04. The van der Waals surface area contributed by atoms with Crippen LogP contribution in [-0.4, -0.2) is 34.6 Å². The van der Waals surface area contributed by atoms with E-state index in [1.165, 1.54) is 16.3 Å². The first-order valence-electron chi connectivity index (χ1n) is 11.1. The van der Waals surface area contributed by atoms with Gasteiger partial charge in [-0.3, -0.25) is 4.98 Å². The molecule has 2 unspecified atom stereocenters. The van der Waals surface area contributed by atoms with Gasteiger partial charge in [0.25, 0.3) is 0 Å². The number of ether oxygens (including phenoxy) is 1. The van der Waals surface area contributed by atoms with Gasteiger partial charge in [-0.1, -0.05) is 38.1 Å². The average molecular weight is 418 g/mol. The van der Waals surface area contributed by atoms with Crippen LogP contribution in [0.5, 0.6) is 5.75 Å². The third kappa shape index (κ3) is 4.82. The number of rotatable bonds is 5. The summed E-state index contributed by atoms with van der Waals surface area (Å²) >= 11 is 0. The van der Waals surface area contributed by atoms with E-state index in [0.29, 0.717) is 12.5 Å². The van der Waals surface area contributed by atoms with E-state index in [9.17, 15) is 4.79 Å². The SMILES string of the molecule is Cc1nccc2cc(-c3ccc(OC4CCN(C(N)=O)C(CC(C)C)C4)cc3)ccc12. The number of benzene rings is 2. The summed E-state index contributed by atoms with van der Waals surface area (Å²) < 4.78 is 6.28. The number of carbonyl (C=O) groups is 1. The van der Waals surface area contributed by atoms with Crippen molar-refractivity contribution >= 4 is 16.8 Å². The van der Waals surface area contributed by atoms with Crippen LogP contribution in [0.2, 0.25) is 0 Å². The number of aryl methyl sites for hydroxylation is 1. The molecule has 0 aliphatic carbocycles. The summed E-state index contributed by atoms with van der Waals surface area (Å²) in [6, 6.07) is 16.6. The van der Waals surface area contributed by atoms with Gasteiger partial charge in [0.1, 0.15) is 11.9 Å². The average Bonchev–Trinajstić information content (AvgIpc) is 2.74. The number of fused-ring (bicyclic) bond motifs is 1. The summed E-state index contributed by atoms with van der Waals surface area (Å²) in [7, 11) is 0. The summed E-state index contributed by atoms with van der Waals surface area (Å²) in [5.41, 5.74) is 8.97. The number of hydrogen-bond donors (Lipinski definition) is 1. The predicted octanol–water partition coefficient (Wildman–Crippen LogP) is 5.55. The molecule has 1 aromatic heterocycles. The topological polar surface area (TPSA) is 68.4 Å². The molecule has 0 saturated carbocycles. The zero-order chi connectivity index (χ0) is 22.0. The van der Waals surface area contributed by atoms with E-state index in [1.54, 1.807) is 4.90 Å². The highest BCUT2D eigenvalue weighted by molar-refractivity contribution is 5.88. The number of pyridine rings is 1. The van der Waals surface area contributed by atoms with Crippen molar-refractivity contribution in [1.82, 2.24) is 9.88 Å². The second-order valence-electron chi connectivity index (χ2n) is 8.94. The number of urea groups is 1. The largest absolute Gasteiger partial charge is 0.490 e. The predicted molar refractivity (Wildman–Crippen MR) is 125 cm³/mol. The second-order valence-corrected chi connectivity index (χ2v) is 8.94. The van der Waals surface area contributed by atoms with E-state index in [1.807, 2.05) is 25.3 Å². The van der Waals surface area contributed by atoms with Crippen LogP contribution in [0.25, 0.3) is 21.9 Å². The molecule has 1 aliphatic rings. The Labute approximate surface area is 184 Å². The standard InChI is InChI=1S/C26H31N3O2/c1-17(2)14-22-16-24(11-13-29(22)26(27)30)31-23-7-4-19(5-8-23)20-6-9-25-18(3)28-12-10-21(25)15-20/h4-10,12,15,17,22,24H,11,13-14,16H2,1-3H3,(H2,27,30). The second kappa shape index (κ2) is 8.96. The molecule has 0 spiro atoms. The Hall–Kier alpha value is -3.08. The van der Waals surface area contributed by atoms with Crippen molar-refractivity contribution in [3.8, 4) is 16.9 Å². The fourth-order valence-electron chi connectivity index (χ4n) is 4.61. The van der Waals surface area contributed by atoms with E-state index in [0.717, 1.165) is 36.3 Å². The zero-order valence-electron chi connectivity index (χ0n) is 18.5. The van der Waals surface area contributed by atoms with Gasteiger partial charge in [0.05, 0.1) is 0 Å². The van der Waals surface area contributed by atoms with Gasteiger partial charge in [0.15, 0.2) is 0 Å². The molecule has 0 bridgehead atoms. The van der Waals surface area contributed by atoms with E-state index in [4.69, 9.17) is 10.5 Å². The van der Waals surface area contributed by atoms with E-state index >= 15 is 0 Å². The van der Waals surface area contributed by atoms with Gasteiger partial charge in [0.2, 0.25) is 0 Å². The molecule has 2 N–H and O–H groups in total. The monoisotopic (exact) mass is 417 g/mol. The minimum absolute atomic E-state index is 0.0985. The van der Waals surface area contributed by atoms with Crippen molar-refractivity contribution in [2.24, 2.45) is 11.7 Å².